The fourth-order valence-electron chi connectivity index (χ4n) is 3.05. The zero-order valence-electron chi connectivity index (χ0n) is 15.4. The van der Waals surface area contributed by atoms with Gasteiger partial charge in [-0.15, -0.1) is 10.2 Å². The number of carbonyl (C=O) groups is 1. The molecule has 0 aliphatic carbocycles. The average molecular weight is 399 g/mol. The van der Waals surface area contributed by atoms with E-state index in [0.717, 1.165) is 34.4 Å². The van der Waals surface area contributed by atoms with Crippen molar-refractivity contribution in [2.45, 2.75) is 26.0 Å². The Hall–Kier alpha value is -3.20. The van der Waals surface area contributed by atoms with Crippen molar-refractivity contribution >= 4 is 23.8 Å². The van der Waals surface area contributed by atoms with Gasteiger partial charge in [-0.1, -0.05) is 0 Å². The number of fused-ring (bicyclic) bond motifs is 1. The van der Waals surface area contributed by atoms with Crippen molar-refractivity contribution < 1.29 is 23.8 Å². The summed E-state index contributed by atoms with van der Waals surface area (Å²) in [4.78, 5) is 11.8. The fourth-order valence-corrected chi connectivity index (χ4v) is 3.75. The average Bonchev–Trinajstić information content (AvgIpc) is 3.34. The molecule has 8 nitrogen and oxygen atoms in total. The van der Waals surface area contributed by atoms with E-state index in [9.17, 15) is 9.90 Å². The van der Waals surface area contributed by atoms with E-state index in [1.165, 1.54) is 0 Å². The van der Waals surface area contributed by atoms with Crippen LogP contribution in [0.25, 0.3) is 11.8 Å². The number of rotatable bonds is 5. The molecule has 0 atom stereocenters. The van der Waals surface area contributed by atoms with Gasteiger partial charge in [0, 0.05) is 30.1 Å². The predicted molar refractivity (Wildman–Crippen MR) is 102 cm³/mol. The van der Waals surface area contributed by atoms with Gasteiger partial charge in [-0.3, -0.25) is 0 Å². The van der Waals surface area contributed by atoms with E-state index >= 15 is 0 Å². The molecule has 0 unspecified atom stereocenters. The molecule has 1 aliphatic heterocycles. The Labute approximate surface area is 164 Å². The van der Waals surface area contributed by atoms with Crippen molar-refractivity contribution in [1.82, 2.24) is 14.8 Å². The Morgan fingerprint density at radius 1 is 1.18 bits per heavy atom. The van der Waals surface area contributed by atoms with Gasteiger partial charge in [0.1, 0.15) is 4.91 Å². The molecular weight excluding hydrogens is 382 g/mol. The van der Waals surface area contributed by atoms with Crippen LogP contribution in [0.15, 0.2) is 38.8 Å². The second kappa shape index (κ2) is 7.08. The first-order valence-electron chi connectivity index (χ1n) is 8.44. The molecule has 3 heterocycles. The zero-order chi connectivity index (χ0) is 19.8. The molecule has 1 N–H and O–H groups in total. The molecule has 0 saturated heterocycles. The summed E-state index contributed by atoms with van der Waals surface area (Å²) in [5.41, 5.74) is 3.57. The summed E-state index contributed by atoms with van der Waals surface area (Å²) in [6.45, 7) is 5.76. The number of carboxylic acids is 1. The summed E-state index contributed by atoms with van der Waals surface area (Å²) in [6.07, 6.45) is 1.61. The first kappa shape index (κ1) is 18.2. The molecule has 0 saturated carbocycles. The van der Waals surface area contributed by atoms with E-state index in [4.69, 9.17) is 13.9 Å². The number of thioether (sulfide) groups is 1. The Kier molecular flexibility index (Phi) is 4.60. The van der Waals surface area contributed by atoms with Gasteiger partial charge in [0.15, 0.2) is 11.5 Å². The van der Waals surface area contributed by atoms with Gasteiger partial charge in [0.2, 0.25) is 12.7 Å². The highest BCUT2D eigenvalue weighted by Gasteiger charge is 2.19. The smallest absolute Gasteiger partial charge is 0.342 e. The number of ether oxygens (including phenoxy) is 2. The first-order chi connectivity index (χ1) is 13.4. The number of aromatic nitrogens is 3. The number of aryl methyl sites for hydroxylation is 2. The van der Waals surface area contributed by atoms with Gasteiger partial charge in [-0.2, -0.15) is 0 Å². The molecule has 0 bridgehead atoms. The molecule has 4 rings (SSSR count). The maximum Gasteiger partial charge on any atom is 0.342 e. The molecule has 28 heavy (non-hydrogen) atoms. The molecule has 3 aromatic rings. The van der Waals surface area contributed by atoms with Gasteiger partial charge in [-0.05, 0) is 55.4 Å². The van der Waals surface area contributed by atoms with E-state index in [1.54, 1.807) is 13.0 Å². The van der Waals surface area contributed by atoms with Crippen LogP contribution in [0.1, 0.15) is 22.8 Å². The lowest BCUT2D eigenvalue weighted by atomic mass is 10.2. The third-order valence-corrected chi connectivity index (χ3v) is 5.14. The summed E-state index contributed by atoms with van der Waals surface area (Å²) in [5.74, 6) is 0.725. The second-order valence-corrected chi connectivity index (χ2v) is 7.20. The topological polar surface area (TPSA) is 99.6 Å². The molecule has 1 aliphatic rings. The standard InChI is InChI=1S/C19H17N3O5S/c1-10-6-13(7-17(18(23)24)28-19-21-20-12(3)27-19)11(2)22(10)14-4-5-15-16(8-14)26-9-25-15/h4-8H,9H2,1-3H3,(H,23,24)/b17-7+. The highest BCUT2D eigenvalue weighted by Crippen LogP contribution is 2.35. The fraction of sp³-hybridized carbons (Fsp3) is 0.211. The number of benzene rings is 1. The van der Waals surface area contributed by atoms with E-state index < -0.39 is 5.97 Å². The Morgan fingerprint density at radius 3 is 2.68 bits per heavy atom. The van der Waals surface area contributed by atoms with Crippen LogP contribution >= 0.6 is 11.8 Å². The number of hydrogen-bond acceptors (Lipinski definition) is 7. The Bertz CT molecular complexity index is 1100. The predicted octanol–water partition coefficient (Wildman–Crippen LogP) is 3.73. The molecular formula is C19H17N3O5S. The molecule has 0 fully saturated rings. The summed E-state index contributed by atoms with van der Waals surface area (Å²) in [6, 6.07) is 7.64. The number of nitrogens with zero attached hydrogens (tertiary/aromatic N) is 3. The normalized spacial score (nSPS) is 13.2. The van der Waals surface area contributed by atoms with E-state index in [0.29, 0.717) is 17.4 Å². The highest BCUT2D eigenvalue weighted by molar-refractivity contribution is 8.03. The van der Waals surface area contributed by atoms with Gasteiger partial charge in [-0.25, -0.2) is 4.79 Å². The van der Waals surface area contributed by atoms with Gasteiger partial charge < -0.3 is 23.6 Å². The molecule has 2 aromatic heterocycles. The van der Waals surface area contributed by atoms with Crippen LogP contribution in [-0.4, -0.2) is 32.6 Å². The zero-order valence-corrected chi connectivity index (χ0v) is 16.2. The summed E-state index contributed by atoms with van der Waals surface area (Å²) in [5, 5.41) is 17.3. The molecule has 1 aromatic carbocycles. The van der Waals surface area contributed by atoms with E-state index in [2.05, 4.69) is 10.2 Å². The van der Waals surface area contributed by atoms with Crippen molar-refractivity contribution in [3.63, 3.8) is 0 Å². The van der Waals surface area contributed by atoms with Crippen LogP contribution in [0.4, 0.5) is 0 Å². The Morgan fingerprint density at radius 2 is 1.96 bits per heavy atom. The lowest BCUT2D eigenvalue weighted by Gasteiger charge is -2.10. The minimum Gasteiger partial charge on any atom is -0.477 e. The minimum atomic E-state index is -1.06. The van der Waals surface area contributed by atoms with Gasteiger partial charge >= 0.3 is 5.97 Å². The Balaban J connectivity index is 1.71. The highest BCUT2D eigenvalue weighted by atomic mass is 32.2. The monoisotopic (exact) mass is 399 g/mol. The minimum absolute atomic E-state index is 0.0922. The van der Waals surface area contributed by atoms with Crippen LogP contribution in [0.5, 0.6) is 11.5 Å². The van der Waals surface area contributed by atoms with Crippen molar-refractivity contribution in [1.29, 1.82) is 0 Å². The third kappa shape index (κ3) is 3.36. The summed E-state index contributed by atoms with van der Waals surface area (Å²) >= 11 is 0.924. The van der Waals surface area contributed by atoms with Crippen LogP contribution < -0.4 is 9.47 Å². The lowest BCUT2D eigenvalue weighted by Crippen LogP contribution is -2.00. The molecule has 0 radical (unpaired) electrons. The second-order valence-electron chi connectivity index (χ2n) is 6.20. The van der Waals surface area contributed by atoms with Crippen molar-refractivity contribution in [2.75, 3.05) is 6.79 Å². The molecule has 0 spiro atoms. The maximum absolute atomic E-state index is 11.7. The largest absolute Gasteiger partial charge is 0.477 e. The number of aliphatic carboxylic acids is 1. The van der Waals surface area contributed by atoms with Crippen LogP contribution in [0.2, 0.25) is 0 Å². The number of carboxylic acid groups (broad SMARTS) is 1. The van der Waals surface area contributed by atoms with E-state index in [-0.39, 0.29) is 16.9 Å². The third-order valence-electron chi connectivity index (χ3n) is 4.29. The molecule has 0 amide bonds. The molecule has 144 valence electrons. The van der Waals surface area contributed by atoms with Gasteiger partial charge in [0.25, 0.3) is 5.22 Å². The summed E-state index contributed by atoms with van der Waals surface area (Å²) < 4.78 is 18.1. The van der Waals surface area contributed by atoms with Crippen molar-refractivity contribution in [3.8, 4) is 17.2 Å². The maximum atomic E-state index is 11.7. The SMILES string of the molecule is Cc1nnc(S/C(=C/c2cc(C)n(-c3ccc4c(c3)OCO4)c2C)C(=O)O)o1. The van der Waals surface area contributed by atoms with Gasteiger partial charge in [0.05, 0.1) is 0 Å². The number of hydrogen-bond donors (Lipinski definition) is 1. The van der Waals surface area contributed by atoms with Crippen LogP contribution in [-0.2, 0) is 4.79 Å². The quantitative estimate of drug-likeness (QED) is 0.512. The molecule has 9 heteroatoms. The van der Waals surface area contributed by atoms with Crippen molar-refractivity contribution in [2.24, 2.45) is 0 Å². The first-order valence-corrected chi connectivity index (χ1v) is 9.26. The van der Waals surface area contributed by atoms with Crippen molar-refractivity contribution in [3.05, 3.63) is 52.0 Å². The summed E-state index contributed by atoms with van der Waals surface area (Å²) in [7, 11) is 0. The van der Waals surface area contributed by atoms with E-state index in [1.807, 2.05) is 42.7 Å². The van der Waals surface area contributed by atoms with Crippen LogP contribution in [0, 0.1) is 20.8 Å². The lowest BCUT2D eigenvalue weighted by molar-refractivity contribution is -0.131. The van der Waals surface area contributed by atoms with Crippen LogP contribution in [0.3, 0.4) is 0 Å².